The number of nitrogens with one attached hydrogen (secondary N) is 1. The largest absolute Gasteiger partial charge is 0.481 e. The second-order valence-corrected chi connectivity index (χ2v) is 5.10. The summed E-state index contributed by atoms with van der Waals surface area (Å²) in [6.07, 6.45) is 3.46. The van der Waals surface area contributed by atoms with Crippen molar-refractivity contribution in [3.8, 4) is 0 Å². The number of thioether (sulfide) groups is 1. The zero-order chi connectivity index (χ0) is 14.1. The van der Waals surface area contributed by atoms with Gasteiger partial charge in [-0.15, -0.1) is 0 Å². The number of hydrogen-bond acceptors (Lipinski definition) is 3. The van der Waals surface area contributed by atoms with Crippen molar-refractivity contribution in [2.75, 3.05) is 12.8 Å². The van der Waals surface area contributed by atoms with E-state index in [-0.39, 0.29) is 12.3 Å². The van der Waals surface area contributed by atoms with Gasteiger partial charge in [-0.2, -0.15) is 11.8 Å². The van der Waals surface area contributed by atoms with E-state index in [0.29, 0.717) is 24.9 Å². The Labute approximate surface area is 117 Å². The maximum atomic E-state index is 11.8. The molecular formula is C14H19NO3S. The van der Waals surface area contributed by atoms with Crippen LogP contribution < -0.4 is 5.32 Å². The molecule has 2 N–H and O–H groups in total. The summed E-state index contributed by atoms with van der Waals surface area (Å²) in [5.74, 6) is 0.0404. The number of rotatable bonds is 8. The third-order valence-electron chi connectivity index (χ3n) is 2.63. The van der Waals surface area contributed by atoms with Gasteiger partial charge in [0.25, 0.3) is 5.91 Å². The van der Waals surface area contributed by atoms with E-state index in [1.165, 1.54) is 5.56 Å². The molecule has 1 aromatic rings. The highest BCUT2D eigenvalue weighted by atomic mass is 32.2. The molecule has 0 spiro atoms. The first-order chi connectivity index (χ1) is 9.13. The van der Waals surface area contributed by atoms with E-state index < -0.39 is 5.97 Å². The summed E-state index contributed by atoms with van der Waals surface area (Å²) < 4.78 is 0. The summed E-state index contributed by atoms with van der Waals surface area (Å²) in [6, 6.07) is 7.54. The van der Waals surface area contributed by atoms with E-state index >= 15 is 0 Å². The summed E-state index contributed by atoms with van der Waals surface area (Å²) >= 11 is 1.74. The molecule has 1 rings (SSSR count). The minimum absolute atomic E-state index is 0.106. The Kier molecular flexibility index (Phi) is 7.03. The van der Waals surface area contributed by atoms with Crippen molar-refractivity contribution in [2.45, 2.75) is 25.0 Å². The number of aliphatic carboxylic acids is 1. The average Bonchev–Trinajstić information content (AvgIpc) is 2.39. The molecule has 0 atom stereocenters. The molecule has 0 fully saturated rings. The molecule has 0 aliphatic rings. The average molecular weight is 281 g/mol. The van der Waals surface area contributed by atoms with Crippen LogP contribution in [-0.2, 0) is 10.5 Å². The number of hydrogen-bond donors (Lipinski definition) is 2. The number of carbonyl (C=O) groups is 2. The maximum Gasteiger partial charge on any atom is 0.303 e. The predicted octanol–water partition coefficient (Wildman–Crippen LogP) is 2.53. The standard InChI is InChI=1S/C14H19NO3S/c1-19-10-11-5-7-12(8-6-11)14(18)15-9-3-2-4-13(16)17/h5-8H,2-4,9-10H2,1H3,(H,15,18)(H,16,17). The van der Waals surface area contributed by atoms with Crippen LogP contribution in [0.3, 0.4) is 0 Å². The molecular weight excluding hydrogens is 262 g/mol. The van der Waals surface area contributed by atoms with Gasteiger partial charge < -0.3 is 10.4 Å². The molecule has 0 bridgehead atoms. The van der Waals surface area contributed by atoms with Crippen molar-refractivity contribution in [3.63, 3.8) is 0 Å². The lowest BCUT2D eigenvalue weighted by Gasteiger charge is -2.05. The fourth-order valence-electron chi connectivity index (χ4n) is 1.62. The van der Waals surface area contributed by atoms with Gasteiger partial charge in [0.05, 0.1) is 0 Å². The van der Waals surface area contributed by atoms with Crippen molar-refractivity contribution in [1.29, 1.82) is 0 Å². The first-order valence-electron chi connectivity index (χ1n) is 6.21. The monoisotopic (exact) mass is 281 g/mol. The molecule has 0 radical (unpaired) electrons. The minimum Gasteiger partial charge on any atom is -0.481 e. The van der Waals surface area contributed by atoms with Gasteiger partial charge in [-0.05, 0) is 36.8 Å². The van der Waals surface area contributed by atoms with Crippen molar-refractivity contribution in [2.24, 2.45) is 0 Å². The Balaban J connectivity index is 2.30. The van der Waals surface area contributed by atoms with Gasteiger partial charge in [-0.25, -0.2) is 0 Å². The molecule has 5 heteroatoms. The second-order valence-electron chi connectivity index (χ2n) is 4.24. The Hall–Kier alpha value is -1.49. The number of carboxylic acid groups (broad SMARTS) is 1. The molecule has 4 nitrogen and oxygen atoms in total. The van der Waals surface area contributed by atoms with Gasteiger partial charge in [0.2, 0.25) is 0 Å². The highest BCUT2D eigenvalue weighted by molar-refractivity contribution is 7.97. The number of carboxylic acids is 1. The van der Waals surface area contributed by atoms with Crippen LogP contribution >= 0.6 is 11.8 Å². The van der Waals surface area contributed by atoms with Crippen molar-refractivity contribution in [1.82, 2.24) is 5.32 Å². The topological polar surface area (TPSA) is 66.4 Å². The molecule has 1 aromatic carbocycles. The van der Waals surface area contributed by atoms with Crippen molar-refractivity contribution >= 4 is 23.6 Å². The summed E-state index contributed by atoms with van der Waals surface area (Å²) in [5.41, 5.74) is 1.84. The third-order valence-corrected chi connectivity index (χ3v) is 3.25. The maximum absolute atomic E-state index is 11.8. The quantitative estimate of drug-likeness (QED) is 0.719. The van der Waals surface area contributed by atoms with Crippen LogP contribution in [0.2, 0.25) is 0 Å². The number of unbranched alkanes of at least 4 members (excludes halogenated alkanes) is 1. The van der Waals surface area contributed by atoms with E-state index in [1.54, 1.807) is 11.8 Å². The van der Waals surface area contributed by atoms with Crippen LogP contribution in [0, 0.1) is 0 Å². The van der Waals surface area contributed by atoms with Crippen LogP contribution in [0.25, 0.3) is 0 Å². The van der Waals surface area contributed by atoms with Gasteiger partial charge in [0, 0.05) is 24.3 Å². The van der Waals surface area contributed by atoms with Crippen molar-refractivity contribution < 1.29 is 14.7 Å². The Bertz CT molecular complexity index is 417. The van der Waals surface area contributed by atoms with Crippen LogP contribution in [0.5, 0.6) is 0 Å². The molecule has 19 heavy (non-hydrogen) atoms. The number of benzene rings is 1. The molecule has 0 aliphatic heterocycles. The van der Waals surface area contributed by atoms with Crippen LogP contribution in [0.4, 0.5) is 0 Å². The number of amides is 1. The first-order valence-corrected chi connectivity index (χ1v) is 7.60. The Morgan fingerprint density at radius 2 is 1.89 bits per heavy atom. The first kappa shape index (κ1) is 15.6. The molecule has 0 aliphatic carbocycles. The molecule has 1 amide bonds. The lowest BCUT2D eigenvalue weighted by atomic mass is 10.1. The van der Waals surface area contributed by atoms with Gasteiger partial charge in [0.1, 0.15) is 0 Å². The molecule has 104 valence electrons. The van der Waals surface area contributed by atoms with Crippen molar-refractivity contribution in [3.05, 3.63) is 35.4 Å². The van der Waals surface area contributed by atoms with E-state index in [4.69, 9.17) is 5.11 Å². The SMILES string of the molecule is CSCc1ccc(C(=O)NCCCCC(=O)O)cc1. The van der Waals surface area contributed by atoms with Gasteiger partial charge in [-0.1, -0.05) is 12.1 Å². The fraction of sp³-hybridized carbons (Fsp3) is 0.429. The zero-order valence-electron chi connectivity index (χ0n) is 11.0. The van der Waals surface area contributed by atoms with E-state index in [2.05, 4.69) is 5.32 Å². The van der Waals surface area contributed by atoms with Crippen LogP contribution in [-0.4, -0.2) is 29.8 Å². The Morgan fingerprint density at radius 3 is 2.47 bits per heavy atom. The molecule has 0 unspecified atom stereocenters. The molecule has 0 aromatic heterocycles. The van der Waals surface area contributed by atoms with E-state index in [0.717, 1.165) is 5.75 Å². The summed E-state index contributed by atoms with van der Waals surface area (Å²) in [4.78, 5) is 22.1. The van der Waals surface area contributed by atoms with E-state index in [9.17, 15) is 9.59 Å². The number of carbonyl (C=O) groups excluding carboxylic acids is 1. The molecule has 0 heterocycles. The summed E-state index contributed by atoms with van der Waals surface area (Å²) in [7, 11) is 0. The highest BCUT2D eigenvalue weighted by Crippen LogP contribution is 2.10. The lowest BCUT2D eigenvalue weighted by molar-refractivity contribution is -0.137. The second kappa shape index (κ2) is 8.58. The zero-order valence-corrected chi connectivity index (χ0v) is 11.8. The van der Waals surface area contributed by atoms with E-state index in [1.807, 2.05) is 30.5 Å². The summed E-state index contributed by atoms with van der Waals surface area (Å²) in [5, 5.41) is 11.3. The van der Waals surface area contributed by atoms with Gasteiger partial charge in [0.15, 0.2) is 0 Å². The fourth-order valence-corrected chi connectivity index (χ4v) is 2.15. The Morgan fingerprint density at radius 1 is 1.21 bits per heavy atom. The predicted molar refractivity (Wildman–Crippen MR) is 77.5 cm³/mol. The third kappa shape index (κ3) is 6.29. The van der Waals surface area contributed by atoms with Crippen LogP contribution in [0.1, 0.15) is 35.2 Å². The minimum atomic E-state index is -0.796. The van der Waals surface area contributed by atoms with Gasteiger partial charge >= 0.3 is 5.97 Å². The molecule has 0 saturated heterocycles. The molecule has 0 saturated carbocycles. The highest BCUT2D eigenvalue weighted by Gasteiger charge is 2.04. The van der Waals surface area contributed by atoms with Gasteiger partial charge in [-0.3, -0.25) is 9.59 Å². The van der Waals surface area contributed by atoms with Crippen LogP contribution in [0.15, 0.2) is 24.3 Å². The lowest BCUT2D eigenvalue weighted by Crippen LogP contribution is -2.24. The normalized spacial score (nSPS) is 10.2. The summed E-state index contributed by atoms with van der Waals surface area (Å²) in [6.45, 7) is 0.513. The smallest absolute Gasteiger partial charge is 0.303 e.